The van der Waals surface area contributed by atoms with Crippen LogP contribution in [0.5, 0.6) is 0 Å². The summed E-state index contributed by atoms with van der Waals surface area (Å²) in [7, 11) is 0. The summed E-state index contributed by atoms with van der Waals surface area (Å²) in [6.45, 7) is 3.37. The fourth-order valence-corrected chi connectivity index (χ4v) is 2.44. The van der Waals surface area contributed by atoms with Crippen LogP contribution in [-0.4, -0.2) is 5.11 Å². The van der Waals surface area contributed by atoms with E-state index in [9.17, 15) is 5.11 Å². The molecule has 0 saturated heterocycles. The predicted octanol–water partition coefficient (Wildman–Crippen LogP) is 3.11. The van der Waals surface area contributed by atoms with E-state index in [0.29, 0.717) is 13.2 Å². The van der Waals surface area contributed by atoms with Crippen LogP contribution in [0.25, 0.3) is 0 Å². The van der Waals surface area contributed by atoms with Gasteiger partial charge in [0.1, 0.15) is 6.10 Å². The summed E-state index contributed by atoms with van der Waals surface area (Å²) in [5.41, 5.74) is 5.45. The smallest absolute Gasteiger partial charge is 0.104 e. The maximum Gasteiger partial charge on any atom is 0.104 e. The van der Waals surface area contributed by atoms with Crippen molar-refractivity contribution in [2.24, 2.45) is 0 Å². The van der Waals surface area contributed by atoms with E-state index in [1.54, 1.807) is 0 Å². The number of hydrogen-bond acceptors (Lipinski definition) is 2. The molecule has 2 nitrogen and oxygen atoms in total. The molecule has 1 N–H and O–H groups in total. The Balaban J connectivity index is 1.98. The first-order valence-corrected chi connectivity index (χ1v) is 6.19. The highest BCUT2D eigenvalue weighted by Crippen LogP contribution is 2.28. The largest absolute Gasteiger partial charge is 0.384 e. The number of rotatable bonds is 2. The summed E-state index contributed by atoms with van der Waals surface area (Å²) in [5, 5.41) is 10.5. The standard InChI is InChI=1S/C16H16O2/c1-11-4-2-3-5-15(11)16(17)12-6-7-13-9-18-10-14(13)8-12/h2-8,16-17H,9-10H2,1H3. The van der Waals surface area contributed by atoms with Gasteiger partial charge in [0.25, 0.3) is 0 Å². The highest BCUT2D eigenvalue weighted by atomic mass is 16.5. The van der Waals surface area contributed by atoms with Crippen molar-refractivity contribution < 1.29 is 9.84 Å². The molecule has 1 unspecified atom stereocenters. The van der Waals surface area contributed by atoms with Crippen molar-refractivity contribution in [1.82, 2.24) is 0 Å². The zero-order chi connectivity index (χ0) is 12.5. The van der Waals surface area contributed by atoms with Crippen molar-refractivity contribution in [3.8, 4) is 0 Å². The molecule has 2 aromatic carbocycles. The summed E-state index contributed by atoms with van der Waals surface area (Å²) in [4.78, 5) is 0. The third kappa shape index (κ3) is 1.94. The predicted molar refractivity (Wildman–Crippen MR) is 70.2 cm³/mol. The van der Waals surface area contributed by atoms with Gasteiger partial charge < -0.3 is 9.84 Å². The maximum absolute atomic E-state index is 10.5. The lowest BCUT2D eigenvalue weighted by atomic mass is 9.95. The van der Waals surface area contributed by atoms with E-state index in [2.05, 4.69) is 12.1 Å². The van der Waals surface area contributed by atoms with Gasteiger partial charge in [0.05, 0.1) is 13.2 Å². The van der Waals surface area contributed by atoms with Crippen LogP contribution in [0.3, 0.4) is 0 Å². The van der Waals surface area contributed by atoms with Crippen LogP contribution in [0.1, 0.15) is 33.9 Å². The molecule has 0 aromatic heterocycles. The van der Waals surface area contributed by atoms with Crippen molar-refractivity contribution in [2.45, 2.75) is 26.2 Å². The van der Waals surface area contributed by atoms with E-state index < -0.39 is 6.10 Å². The van der Waals surface area contributed by atoms with E-state index in [4.69, 9.17) is 4.74 Å². The number of ether oxygens (including phenoxy) is 1. The SMILES string of the molecule is Cc1ccccc1C(O)c1ccc2c(c1)COC2. The fourth-order valence-electron chi connectivity index (χ4n) is 2.44. The number of hydrogen-bond donors (Lipinski definition) is 1. The van der Waals surface area contributed by atoms with Crippen LogP contribution in [0, 0.1) is 6.92 Å². The number of aliphatic hydroxyl groups excluding tert-OH is 1. The van der Waals surface area contributed by atoms with E-state index in [-0.39, 0.29) is 0 Å². The van der Waals surface area contributed by atoms with Crippen LogP contribution < -0.4 is 0 Å². The Kier molecular flexibility index (Phi) is 2.90. The molecule has 0 saturated carbocycles. The third-order valence-corrected chi connectivity index (χ3v) is 3.54. The molecular formula is C16H16O2. The molecule has 1 heterocycles. The molecule has 2 heteroatoms. The molecule has 3 rings (SSSR count). The zero-order valence-electron chi connectivity index (χ0n) is 10.4. The topological polar surface area (TPSA) is 29.5 Å². The van der Waals surface area contributed by atoms with Gasteiger partial charge in [-0.15, -0.1) is 0 Å². The molecule has 1 aliphatic heterocycles. The molecule has 0 radical (unpaired) electrons. The van der Waals surface area contributed by atoms with Crippen LogP contribution >= 0.6 is 0 Å². The molecule has 1 aliphatic rings. The molecule has 2 aromatic rings. The van der Waals surface area contributed by atoms with Gasteiger partial charge in [0, 0.05) is 0 Å². The quantitative estimate of drug-likeness (QED) is 0.874. The minimum absolute atomic E-state index is 0.558. The minimum Gasteiger partial charge on any atom is -0.384 e. The molecule has 18 heavy (non-hydrogen) atoms. The molecule has 0 bridgehead atoms. The van der Waals surface area contributed by atoms with E-state index in [1.807, 2.05) is 37.3 Å². The Hall–Kier alpha value is -1.64. The Bertz CT molecular complexity index is 575. The van der Waals surface area contributed by atoms with Crippen LogP contribution in [0.4, 0.5) is 0 Å². The fraction of sp³-hybridized carbons (Fsp3) is 0.250. The van der Waals surface area contributed by atoms with E-state index >= 15 is 0 Å². The summed E-state index contributed by atoms with van der Waals surface area (Å²) < 4.78 is 5.40. The summed E-state index contributed by atoms with van der Waals surface area (Å²) >= 11 is 0. The van der Waals surface area contributed by atoms with E-state index in [1.165, 1.54) is 11.1 Å². The number of aryl methyl sites for hydroxylation is 1. The Morgan fingerprint density at radius 1 is 1.06 bits per heavy atom. The van der Waals surface area contributed by atoms with Gasteiger partial charge >= 0.3 is 0 Å². The minimum atomic E-state index is -0.558. The average molecular weight is 240 g/mol. The van der Waals surface area contributed by atoms with Crippen LogP contribution in [0.2, 0.25) is 0 Å². The van der Waals surface area contributed by atoms with Crippen molar-refractivity contribution >= 4 is 0 Å². The first-order valence-electron chi connectivity index (χ1n) is 6.19. The third-order valence-electron chi connectivity index (χ3n) is 3.54. The van der Waals surface area contributed by atoms with Crippen molar-refractivity contribution in [3.63, 3.8) is 0 Å². The van der Waals surface area contributed by atoms with E-state index in [0.717, 1.165) is 16.7 Å². The Labute approximate surface area is 107 Å². The Morgan fingerprint density at radius 3 is 2.67 bits per heavy atom. The molecular weight excluding hydrogens is 224 g/mol. The Morgan fingerprint density at radius 2 is 1.83 bits per heavy atom. The lowest BCUT2D eigenvalue weighted by molar-refractivity contribution is 0.134. The zero-order valence-corrected chi connectivity index (χ0v) is 10.4. The second-order valence-electron chi connectivity index (χ2n) is 4.78. The van der Waals surface area contributed by atoms with Gasteiger partial charge in [-0.1, -0.05) is 42.5 Å². The summed E-state index contributed by atoms with van der Waals surface area (Å²) in [6.07, 6.45) is -0.558. The highest BCUT2D eigenvalue weighted by Gasteiger charge is 2.16. The van der Waals surface area contributed by atoms with Crippen molar-refractivity contribution in [1.29, 1.82) is 0 Å². The van der Waals surface area contributed by atoms with Crippen molar-refractivity contribution in [2.75, 3.05) is 0 Å². The second-order valence-corrected chi connectivity index (χ2v) is 4.78. The molecule has 0 aliphatic carbocycles. The maximum atomic E-state index is 10.5. The van der Waals surface area contributed by atoms with Gasteiger partial charge in [0.15, 0.2) is 0 Å². The second kappa shape index (κ2) is 4.56. The van der Waals surface area contributed by atoms with Gasteiger partial charge in [-0.25, -0.2) is 0 Å². The number of aliphatic hydroxyl groups is 1. The summed E-state index contributed by atoms with van der Waals surface area (Å²) in [5.74, 6) is 0. The molecule has 0 amide bonds. The average Bonchev–Trinajstić information content (AvgIpc) is 2.85. The van der Waals surface area contributed by atoms with Gasteiger partial charge in [-0.05, 0) is 34.7 Å². The molecule has 0 fully saturated rings. The lowest BCUT2D eigenvalue weighted by Gasteiger charge is -2.15. The van der Waals surface area contributed by atoms with Crippen LogP contribution in [-0.2, 0) is 18.0 Å². The molecule has 1 atom stereocenters. The normalized spacial score (nSPS) is 15.4. The van der Waals surface area contributed by atoms with Gasteiger partial charge in [-0.3, -0.25) is 0 Å². The molecule has 92 valence electrons. The monoisotopic (exact) mass is 240 g/mol. The van der Waals surface area contributed by atoms with Gasteiger partial charge in [0.2, 0.25) is 0 Å². The first kappa shape index (κ1) is 11.5. The van der Waals surface area contributed by atoms with Crippen LogP contribution in [0.15, 0.2) is 42.5 Å². The lowest BCUT2D eigenvalue weighted by Crippen LogP contribution is -2.02. The number of fused-ring (bicyclic) bond motifs is 1. The first-order chi connectivity index (χ1) is 8.75. The number of benzene rings is 2. The van der Waals surface area contributed by atoms with Crippen molar-refractivity contribution in [3.05, 3.63) is 70.3 Å². The molecule has 0 spiro atoms. The highest BCUT2D eigenvalue weighted by molar-refractivity contribution is 5.39. The summed E-state index contributed by atoms with van der Waals surface area (Å²) in [6, 6.07) is 14.0. The van der Waals surface area contributed by atoms with Gasteiger partial charge in [-0.2, -0.15) is 0 Å².